The largest absolute Gasteiger partial charge is 0.465 e. The van der Waals surface area contributed by atoms with Crippen LogP contribution in [0.4, 0.5) is 5.69 Å². The zero-order valence-corrected chi connectivity index (χ0v) is 16.3. The fraction of sp³-hybridized carbons (Fsp3) is 0.250. The first-order valence-electron chi connectivity index (χ1n) is 8.64. The van der Waals surface area contributed by atoms with E-state index in [4.69, 9.17) is 4.74 Å². The Kier molecular flexibility index (Phi) is 5.83. The number of amides is 1. The Labute approximate surface area is 161 Å². The van der Waals surface area contributed by atoms with Crippen molar-refractivity contribution in [2.24, 2.45) is 0 Å². The van der Waals surface area contributed by atoms with Crippen LogP contribution in [0.25, 0.3) is 10.2 Å². The summed E-state index contributed by atoms with van der Waals surface area (Å²) in [6.07, 6.45) is 0. The Morgan fingerprint density at radius 3 is 2.63 bits per heavy atom. The molecule has 1 aromatic heterocycles. The second-order valence-corrected chi connectivity index (χ2v) is 7.41. The van der Waals surface area contributed by atoms with Gasteiger partial charge in [0.15, 0.2) is 11.6 Å². The van der Waals surface area contributed by atoms with E-state index in [0.717, 1.165) is 20.1 Å². The average molecular weight is 384 g/mol. The number of nitrogens with zero attached hydrogens (tertiary/aromatic N) is 1. The summed E-state index contributed by atoms with van der Waals surface area (Å²) in [5, 5.41) is 3.81. The van der Waals surface area contributed by atoms with Crippen LogP contribution >= 0.6 is 11.3 Å². The smallest absolute Gasteiger partial charge is 0.339 e. The first-order valence-corrected chi connectivity index (χ1v) is 9.46. The van der Waals surface area contributed by atoms with Crippen molar-refractivity contribution >= 4 is 39.1 Å². The van der Waals surface area contributed by atoms with Gasteiger partial charge in [-0.15, -0.1) is 11.3 Å². The molecule has 0 radical (unpaired) electrons. The van der Waals surface area contributed by atoms with Gasteiger partial charge in [0.05, 0.1) is 35.6 Å². The molecule has 2 atom stereocenters. The van der Waals surface area contributed by atoms with Gasteiger partial charge in [-0.05, 0) is 31.2 Å². The third kappa shape index (κ3) is 4.32. The highest BCUT2D eigenvalue weighted by Gasteiger charge is 2.23. The number of hydrogen-bond acceptors (Lipinski definition) is 5. The monoisotopic (exact) mass is 384 g/mol. The maximum Gasteiger partial charge on any atom is 0.339 e. The second kappa shape index (κ2) is 8.28. The number of carbonyl (C=O) groups excluding carboxylic acids is 2. The molecule has 6 nitrogen and oxygen atoms in total. The van der Waals surface area contributed by atoms with E-state index in [1.165, 1.54) is 7.11 Å². The van der Waals surface area contributed by atoms with Crippen LogP contribution in [-0.2, 0) is 9.53 Å². The van der Waals surface area contributed by atoms with Gasteiger partial charge in [0.2, 0.25) is 0 Å². The lowest BCUT2D eigenvalue weighted by Gasteiger charge is -2.19. The molecule has 7 heteroatoms. The van der Waals surface area contributed by atoms with E-state index in [1.54, 1.807) is 35.6 Å². The number of aromatic nitrogens is 1. The molecule has 3 rings (SSSR count). The van der Waals surface area contributed by atoms with Gasteiger partial charge in [-0.1, -0.05) is 24.3 Å². The molecule has 0 spiro atoms. The van der Waals surface area contributed by atoms with E-state index in [2.05, 4.69) is 23.3 Å². The maximum atomic E-state index is 12.5. The van der Waals surface area contributed by atoms with Crippen LogP contribution in [0.1, 0.15) is 28.3 Å². The zero-order valence-electron chi connectivity index (χ0n) is 15.5. The molecule has 0 aliphatic rings. The number of likely N-dealkylation sites (N-methyl/N-ethyl adjacent to an activating group) is 1. The van der Waals surface area contributed by atoms with Crippen LogP contribution in [0, 0.1) is 0 Å². The number of hydrogen-bond donors (Lipinski definition) is 2. The number of fused-ring (bicyclic) bond motifs is 1. The number of benzene rings is 2. The summed E-state index contributed by atoms with van der Waals surface area (Å²) < 4.78 is 5.90. The molecule has 3 aromatic rings. The zero-order chi connectivity index (χ0) is 19.4. The van der Waals surface area contributed by atoms with Crippen LogP contribution in [0.15, 0.2) is 48.5 Å². The SMILES string of the molecule is COC(=O)c1ccccc1NC(=O)C[NH+](C)[C@H](C)c1nc2ccccc2s1. The summed E-state index contributed by atoms with van der Waals surface area (Å²) in [4.78, 5) is 30.0. The maximum absolute atomic E-state index is 12.5. The number of carbonyl (C=O) groups is 2. The first-order chi connectivity index (χ1) is 13.0. The minimum atomic E-state index is -0.477. The Bertz CT molecular complexity index is 937. The summed E-state index contributed by atoms with van der Waals surface area (Å²) in [7, 11) is 3.28. The molecular weight excluding hydrogens is 362 g/mol. The van der Waals surface area contributed by atoms with Gasteiger partial charge in [-0.3, -0.25) is 4.79 Å². The van der Waals surface area contributed by atoms with E-state index in [1.807, 2.05) is 25.2 Å². The topological polar surface area (TPSA) is 72.7 Å². The van der Waals surface area contributed by atoms with Crippen LogP contribution in [0.5, 0.6) is 0 Å². The number of esters is 1. The molecule has 0 saturated carbocycles. The van der Waals surface area contributed by atoms with Crippen molar-refractivity contribution < 1.29 is 19.2 Å². The molecule has 1 heterocycles. The summed E-state index contributed by atoms with van der Waals surface area (Å²) in [5.74, 6) is -0.647. The number of anilines is 1. The summed E-state index contributed by atoms with van der Waals surface area (Å²) in [6.45, 7) is 2.31. The highest BCUT2D eigenvalue weighted by molar-refractivity contribution is 7.18. The molecule has 140 valence electrons. The van der Waals surface area contributed by atoms with E-state index >= 15 is 0 Å². The lowest BCUT2D eigenvalue weighted by Crippen LogP contribution is -3.10. The molecule has 2 aromatic carbocycles. The van der Waals surface area contributed by atoms with E-state index < -0.39 is 5.97 Å². The third-order valence-electron chi connectivity index (χ3n) is 4.47. The molecular formula is C20H22N3O3S+. The van der Waals surface area contributed by atoms with Gasteiger partial charge in [-0.2, -0.15) is 0 Å². The lowest BCUT2D eigenvalue weighted by molar-refractivity contribution is -0.902. The van der Waals surface area contributed by atoms with Crippen LogP contribution in [0.2, 0.25) is 0 Å². The summed E-state index contributed by atoms with van der Waals surface area (Å²) in [6, 6.07) is 14.9. The predicted molar refractivity (Wildman–Crippen MR) is 106 cm³/mol. The Balaban J connectivity index is 1.68. The minimum absolute atomic E-state index is 0.0731. The summed E-state index contributed by atoms with van der Waals surface area (Å²) >= 11 is 1.65. The molecule has 1 amide bonds. The molecule has 1 unspecified atom stereocenters. The summed E-state index contributed by atoms with van der Waals surface area (Å²) in [5.41, 5.74) is 1.77. The lowest BCUT2D eigenvalue weighted by atomic mass is 10.2. The van der Waals surface area contributed by atoms with Gasteiger partial charge < -0.3 is 15.0 Å². The van der Waals surface area contributed by atoms with E-state index in [-0.39, 0.29) is 18.5 Å². The third-order valence-corrected chi connectivity index (χ3v) is 5.69. The number of nitrogens with one attached hydrogen (secondary N) is 2. The second-order valence-electron chi connectivity index (χ2n) is 6.35. The quantitative estimate of drug-likeness (QED) is 0.640. The number of methoxy groups -OCH3 is 1. The van der Waals surface area contributed by atoms with Crippen LogP contribution in [0.3, 0.4) is 0 Å². The van der Waals surface area contributed by atoms with Gasteiger partial charge in [0, 0.05) is 0 Å². The van der Waals surface area contributed by atoms with Crippen molar-refractivity contribution in [3.63, 3.8) is 0 Å². The van der Waals surface area contributed by atoms with Crippen molar-refractivity contribution in [1.29, 1.82) is 0 Å². The predicted octanol–water partition coefficient (Wildman–Crippen LogP) is 2.30. The van der Waals surface area contributed by atoms with Gasteiger partial charge in [0.1, 0.15) is 6.04 Å². The molecule has 0 saturated heterocycles. The normalized spacial score (nSPS) is 13.1. The number of quaternary nitrogens is 1. The van der Waals surface area contributed by atoms with Crippen LogP contribution in [-0.4, -0.2) is 37.6 Å². The molecule has 0 bridgehead atoms. The molecule has 27 heavy (non-hydrogen) atoms. The highest BCUT2D eigenvalue weighted by atomic mass is 32.1. The van der Waals surface area contributed by atoms with Crippen molar-refractivity contribution in [2.45, 2.75) is 13.0 Å². The number of rotatable bonds is 6. The van der Waals surface area contributed by atoms with Gasteiger partial charge in [-0.25, -0.2) is 9.78 Å². The average Bonchev–Trinajstić information content (AvgIpc) is 3.11. The Morgan fingerprint density at radius 1 is 1.19 bits per heavy atom. The fourth-order valence-corrected chi connectivity index (χ4v) is 3.88. The van der Waals surface area contributed by atoms with E-state index in [0.29, 0.717) is 11.3 Å². The Morgan fingerprint density at radius 2 is 1.89 bits per heavy atom. The number of thiazole rings is 1. The van der Waals surface area contributed by atoms with Crippen molar-refractivity contribution in [3.05, 3.63) is 59.1 Å². The standard InChI is InChI=1S/C20H21N3O3S/c1-13(19-22-16-10-6-7-11-17(16)27-19)23(2)12-18(24)21-15-9-5-4-8-14(15)20(25)26-3/h4-11,13H,12H2,1-3H3,(H,21,24)/p+1/t13-/m1/s1. The van der Waals surface area contributed by atoms with Crippen molar-refractivity contribution in [2.75, 3.05) is 26.0 Å². The highest BCUT2D eigenvalue weighted by Crippen LogP contribution is 2.24. The van der Waals surface area contributed by atoms with E-state index in [9.17, 15) is 9.59 Å². The fourth-order valence-electron chi connectivity index (χ4n) is 2.77. The van der Waals surface area contributed by atoms with Crippen LogP contribution < -0.4 is 10.2 Å². The molecule has 0 fully saturated rings. The minimum Gasteiger partial charge on any atom is -0.465 e. The molecule has 0 aliphatic heterocycles. The van der Waals surface area contributed by atoms with Gasteiger partial charge in [0.25, 0.3) is 5.91 Å². The van der Waals surface area contributed by atoms with Gasteiger partial charge >= 0.3 is 5.97 Å². The number of para-hydroxylation sites is 2. The van der Waals surface area contributed by atoms with Crippen molar-refractivity contribution in [1.82, 2.24) is 4.98 Å². The Hall–Kier alpha value is -2.77. The number of ether oxygens (including phenoxy) is 1. The van der Waals surface area contributed by atoms with Crippen molar-refractivity contribution in [3.8, 4) is 0 Å². The molecule has 0 aliphatic carbocycles. The first kappa shape index (κ1) is 19.0. The molecule has 2 N–H and O–H groups in total.